The second kappa shape index (κ2) is 2.39. The number of amides is 1. The van der Waals surface area contributed by atoms with Crippen LogP contribution < -0.4 is 5.32 Å². The Morgan fingerprint density at radius 1 is 1.58 bits per heavy atom. The largest absolute Gasteiger partial charge is 0.394 e. The first-order valence-electron chi connectivity index (χ1n) is 3.86. The Morgan fingerprint density at radius 2 is 2.25 bits per heavy atom. The number of piperidine rings is 1. The maximum absolute atomic E-state index is 12.2. The van der Waals surface area contributed by atoms with Crippen molar-refractivity contribution in [1.29, 1.82) is 0 Å². The summed E-state index contributed by atoms with van der Waals surface area (Å²) in [5.41, 5.74) is 0. The molecule has 5 heteroatoms. The fourth-order valence-electron chi connectivity index (χ4n) is 2.09. The van der Waals surface area contributed by atoms with Crippen molar-refractivity contribution >= 4 is 5.91 Å². The highest BCUT2D eigenvalue weighted by Crippen LogP contribution is 2.55. The molecule has 1 amide bonds. The van der Waals surface area contributed by atoms with Gasteiger partial charge in [0.15, 0.2) is 0 Å². The maximum Gasteiger partial charge on any atom is 0.242 e. The van der Waals surface area contributed by atoms with Crippen LogP contribution in [0.15, 0.2) is 0 Å². The lowest BCUT2D eigenvalue weighted by Crippen LogP contribution is -2.36. The van der Waals surface area contributed by atoms with Crippen molar-refractivity contribution in [1.82, 2.24) is 5.32 Å². The molecule has 2 aliphatic rings. The van der Waals surface area contributed by atoms with Crippen LogP contribution in [0.4, 0.5) is 8.78 Å². The molecular formula is C7H9F2NO2. The van der Waals surface area contributed by atoms with Gasteiger partial charge < -0.3 is 10.4 Å². The van der Waals surface area contributed by atoms with Crippen molar-refractivity contribution in [3.63, 3.8) is 0 Å². The number of alkyl halides is 2. The number of hydrogen-bond donors (Lipinski definition) is 2. The lowest BCUT2D eigenvalue weighted by Gasteiger charge is -2.11. The zero-order valence-electron chi connectivity index (χ0n) is 6.21. The Hall–Kier alpha value is -0.710. The Kier molecular flexibility index (Phi) is 1.57. The topological polar surface area (TPSA) is 49.3 Å². The van der Waals surface area contributed by atoms with E-state index in [9.17, 15) is 13.6 Å². The standard InChI is InChI=1S/C7H9F2NO2/c8-6(9)4-3-2(1-11)10-7(12)5(3)4/h2-6,11H,1H2,(H,10,12)/t2?,3?,4?,5-/m0/s1. The van der Waals surface area contributed by atoms with E-state index in [1.54, 1.807) is 0 Å². The highest BCUT2D eigenvalue weighted by molar-refractivity contribution is 5.86. The fraction of sp³-hybridized carbons (Fsp3) is 0.857. The summed E-state index contributed by atoms with van der Waals surface area (Å²) in [6.07, 6.45) is -2.43. The van der Waals surface area contributed by atoms with Crippen LogP contribution in [0, 0.1) is 17.8 Å². The Labute approximate surface area is 67.8 Å². The summed E-state index contributed by atoms with van der Waals surface area (Å²) in [5, 5.41) is 11.2. The Balaban J connectivity index is 2.07. The summed E-state index contributed by atoms with van der Waals surface area (Å²) in [6.45, 7) is -0.240. The molecule has 0 bridgehead atoms. The lowest BCUT2D eigenvalue weighted by molar-refractivity contribution is -0.122. The Morgan fingerprint density at radius 3 is 2.67 bits per heavy atom. The van der Waals surface area contributed by atoms with E-state index in [-0.39, 0.29) is 18.4 Å². The highest BCUT2D eigenvalue weighted by Gasteiger charge is 2.66. The van der Waals surface area contributed by atoms with Crippen molar-refractivity contribution < 1.29 is 18.7 Å². The monoisotopic (exact) mass is 177 g/mol. The van der Waals surface area contributed by atoms with Gasteiger partial charge in [-0.05, 0) is 0 Å². The molecule has 1 saturated heterocycles. The predicted molar refractivity (Wildman–Crippen MR) is 35.5 cm³/mol. The molecule has 2 rings (SSSR count). The highest BCUT2D eigenvalue weighted by atomic mass is 19.3. The number of halogens is 2. The van der Waals surface area contributed by atoms with Crippen molar-refractivity contribution in [2.24, 2.45) is 17.8 Å². The Bertz CT molecular complexity index is 221. The normalized spacial score (nSPS) is 44.5. The summed E-state index contributed by atoms with van der Waals surface area (Å²) in [4.78, 5) is 10.9. The molecule has 2 fully saturated rings. The van der Waals surface area contributed by atoms with E-state index in [1.807, 2.05) is 0 Å². The number of carbonyl (C=O) groups is 1. The van der Waals surface area contributed by atoms with Gasteiger partial charge in [-0.3, -0.25) is 4.79 Å². The first kappa shape index (κ1) is 7.91. The van der Waals surface area contributed by atoms with E-state index in [0.29, 0.717) is 0 Å². The van der Waals surface area contributed by atoms with Gasteiger partial charge >= 0.3 is 0 Å². The molecule has 3 nitrogen and oxygen atoms in total. The van der Waals surface area contributed by atoms with Gasteiger partial charge in [-0.2, -0.15) is 0 Å². The molecule has 0 spiro atoms. The van der Waals surface area contributed by atoms with Gasteiger partial charge in [0.1, 0.15) is 0 Å². The van der Waals surface area contributed by atoms with E-state index >= 15 is 0 Å². The summed E-state index contributed by atoms with van der Waals surface area (Å²) >= 11 is 0. The molecule has 0 radical (unpaired) electrons. The van der Waals surface area contributed by atoms with Gasteiger partial charge in [0.25, 0.3) is 0 Å². The van der Waals surface area contributed by atoms with E-state index in [1.165, 1.54) is 0 Å². The number of aliphatic hydroxyl groups excluding tert-OH is 1. The molecule has 0 aromatic rings. The second-order valence-corrected chi connectivity index (χ2v) is 3.31. The third-order valence-corrected chi connectivity index (χ3v) is 2.72. The van der Waals surface area contributed by atoms with Crippen LogP contribution in [0.3, 0.4) is 0 Å². The summed E-state index contributed by atoms with van der Waals surface area (Å²) in [5.74, 6) is -2.01. The predicted octanol–water partition coefficient (Wildman–Crippen LogP) is -0.396. The quantitative estimate of drug-likeness (QED) is 0.603. The van der Waals surface area contributed by atoms with Gasteiger partial charge in [-0.25, -0.2) is 8.78 Å². The van der Waals surface area contributed by atoms with Crippen LogP contribution in [0.5, 0.6) is 0 Å². The van der Waals surface area contributed by atoms with E-state index in [0.717, 1.165) is 0 Å². The van der Waals surface area contributed by atoms with Crippen LogP contribution >= 0.6 is 0 Å². The van der Waals surface area contributed by atoms with Gasteiger partial charge in [0.05, 0.1) is 18.6 Å². The second-order valence-electron chi connectivity index (χ2n) is 3.31. The molecule has 4 atom stereocenters. The summed E-state index contributed by atoms with van der Waals surface area (Å²) < 4.78 is 24.3. The zero-order valence-corrected chi connectivity index (χ0v) is 6.21. The minimum atomic E-state index is -2.43. The molecular weight excluding hydrogens is 168 g/mol. The number of aliphatic hydroxyl groups is 1. The molecule has 68 valence electrons. The molecule has 12 heavy (non-hydrogen) atoms. The molecule has 1 aliphatic heterocycles. The fourth-order valence-corrected chi connectivity index (χ4v) is 2.09. The third kappa shape index (κ3) is 0.857. The van der Waals surface area contributed by atoms with Crippen LogP contribution in [0.2, 0.25) is 0 Å². The van der Waals surface area contributed by atoms with Crippen molar-refractivity contribution in [2.75, 3.05) is 6.61 Å². The molecule has 1 aliphatic carbocycles. The van der Waals surface area contributed by atoms with Crippen LogP contribution in [-0.4, -0.2) is 30.1 Å². The minimum Gasteiger partial charge on any atom is -0.394 e. The van der Waals surface area contributed by atoms with Crippen LogP contribution in [0.1, 0.15) is 0 Å². The van der Waals surface area contributed by atoms with Gasteiger partial charge in [-0.15, -0.1) is 0 Å². The first-order chi connectivity index (χ1) is 5.66. The molecule has 3 unspecified atom stereocenters. The van der Waals surface area contributed by atoms with E-state index in [4.69, 9.17) is 5.11 Å². The summed E-state index contributed by atoms with van der Waals surface area (Å²) in [6, 6.07) is -0.443. The average molecular weight is 177 g/mol. The first-order valence-corrected chi connectivity index (χ1v) is 3.86. The number of hydrogen-bond acceptors (Lipinski definition) is 2. The molecule has 1 saturated carbocycles. The maximum atomic E-state index is 12.2. The number of fused-ring (bicyclic) bond motifs is 1. The molecule has 1 heterocycles. The van der Waals surface area contributed by atoms with E-state index in [2.05, 4.69) is 5.32 Å². The summed E-state index contributed by atoms with van der Waals surface area (Å²) in [7, 11) is 0. The number of nitrogens with one attached hydrogen (secondary N) is 1. The van der Waals surface area contributed by atoms with Crippen LogP contribution in [0.25, 0.3) is 0 Å². The molecule has 0 aromatic heterocycles. The van der Waals surface area contributed by atoms with Crippen molar-refractivity contribution in [2.45, 2.75) is 12.5 Å². The molecule has 2 N–H and O–H groups in total. The number of rotatable bonds is 2. The minimum absolute atomic E-state index is 0.240. The van der Waals surface area contributed by atoms with Gasteiger partial charge in [-0.1, -0.05) is 0 Å². The van der Waals surface area contributed by atoms with Gasteiger partial charge in [0.2, 0.25) is 12.3 Å². The van der Waals surface area contributed by atoms with Crippen molar-refractivity contribution in [3.05, 3.63) is 0 Å². The van der Waals surface area contributed by atoms with Gasteiger partial charge in [0, 0.05) is 11.8 Å². The average Bonchev–Trinajstić information content (AvgIpc) is 2.67. The smallest absolute Gasteiger partial charge is 0.242 e. The molecule has 0 aromatic carbocycles. The van der Waals surface area contributed by atoms with Crippen molar-refractivity contribution in [3.8, 4) is 0 Å². The number of carbonyl (C=O) groups excluding carboxylic acids is 1. The zero-order chi connectivity index (χ0) is 8.88. The SMILES string of the molecule is O=C1NC(CO)C2C(C(F)F)[C@@H]12. The third-order valence-electron chi connectivity index (χ3n) is 2.72. The van der Waals surface area contributed by atoms with Crippen LogP contribution in [-0.2, 0) is 4.79 Å². The lowest BCUT2D eigenvalue weighted by atomic mass is 10.2. The van der Waals surface area contributed by atoms with E-state index < -0.39 is 24.3 Å².